The molecule has 37 heavy (non-hydrogen) atoms. The lowest BCUT2D eigenvalue weighted by atomic mass is 9.97. The number of nitrogens with zero attached hydrogens (tertiary/aromatic N) is 2. The van der Waals surface area contributed by atoms with E-state index in [9.17, 15) is 24.3 Å². The first-order valence-corrected chi connectivity index (χ1v) is 11.7. The number of carbonyl (C=O) groups excluding carboxylic acids is 3. The van der Waals surface area contributed by atoms with Crippen molar-refractivity contribution < 1.29 is 33.8 Å². The zero-order chi connectivity index (χ0) is 26.7. The van der Waals surface area contributed by atoms with Crippen LogP contribution in [0.5, 0.6) is 11.5 Å². The van der Waals surface area contributed by atoms with E-state index in [1.54, 1.807) is 18.2 Å². The van der Waals surface area contributed by atoms with Crippen LogP contribution in [0.2, 0.25) is 0 Å². The summed E-state index contributed by atoms with van der Waals surface area (Å²) in [6.07, 6.45) is -0.315. The first-order valence-electron chi connectivity index (χ1n) is 11.7. The van der Waals surface area contributed by atoms with Gasteiger partial charge < -0.3 is 35.4 Å². The lowest BCUT2D eigenvalue weighted by molar-refractivity contribution is -0.160. The minimum atomic E-state index is -1.18. The lowest BCUT2D eigenvalue weighted by Crippen LogP contribution is -2.65. The molecule has 0 bridgehead atoms. The smallest absolute Gasteiger partial charge is 0.313 e. The van der Waals surface area contributed by atoms with E-state index >= 15 is 0 Å². The van der Waals surface area contributed by atoms with Crippen molar-refractivity contribution in [1.29, 1.82) is 5.41 Å². The molecule has 0 aliphatic carbocycles. The van der Waals surface area contributed by atoms with Crippen LogP contribution in [0.25, 0.3) is 0 Å². The molecule has 12 heteroatoms. The van der Waals surface area contributed by atoms with Crippen LogP contribution in [-0.2, 0) is 14.4 Å². The van der Waals surface area contributed by atoms with Crippen LogP contribution < -0.4 is 20.5 Å². The molecule has 1 saturated heterocycles. The van der Waals surface area contributed by atoms with Crippen molar-refractivity contribution in [3.8, 4) is 11.5 Å². The normalized spacial score (nSPS) is 17.5. The molecule has 2 aromatic rings. The number of carboxylic acids is 1. The first-order chi connectivity index (χ1) is 17.7. The van der Waals surface area contributed by atoms with Crippen molar-refractivity contribution in [3.05, 3.63) is 59.2 Å². The summed E-state index contributed by atoms with van der Waals surface area (Å²) in [5.41, 5.74) is 6.58. The molecule has 1 fully saturated rings. The van der Waals surface area contributed by atoms with Crippen molar-refractivity contribution in [3.63, 3.8) is 0 Å². The number of fused-ring (bicyclic) bond motifs is 1. The fourth-order valence-electron chi connectivity index (χ4n) is 4.28. The van der Waals surface area contributed by atoms with E-state index in [0.717, 1.165) is 4.90 Å². The monoisotopic (exact) mass is 509 g/mol. The molecule has 0 spiro atoms. The van der Waals surface area contributed by atoms with Gasteiger partial charge in [0.15, 0.2) is 11.5 Å². The van der Waals surface area contributed by atoms with E-state index in [1.165, 1.54) is 29.2 Å². The Kier molecular flexibility index (Phi) is 7.27. The standard InChI is InChI=1S/C25H27N5O7/c1-2-9-30-20(28-22(31)15-5-3-14(4-6-15)21(26)27)12-29(23(32)24(30)33)11-17(25(34)35)16-7-8-18-19(10-16)37-13-36-18/h3-8,10,17,20H,2,9,11-13H2,1H3,(H3,26,27)(H,28,31)(H,34,35). The average molecular weight is 510 g/mol. The highest BCUT2D eigenvalue weighted by molar-refractivity contribution is 6.35. The molecule has 2 heterocycles. The number of aliphatic carboxylic acids is 1. The minimum Gasteiger partial charge on any atom is -0.481 e. The first kappa shape index (κ1) is 25.5. The maximum atomic E-state index is 13.0. The summed E-state index contributed by atoms with van der Waals surface area (Å²) in [7, 11) is 0. The molecule has 5 N–H and O–H groups in total. The Bertz CT molecular complexity index is 1250. The number of carbonyl (C=O) groups is 4. The highest BCUT2D eigenvalue weighted by Crippen LogP contribution is 2.35. The highest BCUT2D eigenvalue weighted by Gasteiger charge is 2.41. The summed E-state index contributed by atoms with van der Waals surface area (Å²) in [4.78, 5) is 53.5. The third-order valence-electron chi connectivity index (χ3n) is 6.22. The number of piperazine rings is 1. The van der Waals surface area contributed by atoms with Crippen LogP contribution in [0, 0.1) is 5.41 Å². The Hall–Kier alpha value is -4.61. The van der Waals surface area contributed by atoms with Gasteiger partial charge in [-0.15, -0.1) is 0 Å². The van der Waals surface area contributed by atoms with Gasteiger partial charge in [-0.3, -0.25) is 24.6 Å². The summed E-state index contributed by atoms with van der Waals surface area (Å²) >= 11 is 0. The molecule has 3 amide bonds. The second-order valence-corrected chi connectivity index (χ2v) is 8.69. The van der Waals surface area contributed by atoms with E-state index in [-0.39, 0.29) is 37.8 Å². The number of rotatable bonds is 9. The molecule has 2 aliphatic heterocycles. The van der Waals surface area contributed by atoms with Gasteiger partial charge in [-0.05, 0) is 36.2 Å². The Morgan fingerprint density at radius 3 is 2.43 bits per heavy atom. The van der Waals surface area contributed by atoms with Gasteiger partial charge >= 0.3 is 17.8 Å². The molecule has 12 nitrogen and oxygen atoms in total. The molecule has 2 unspecified atom stereocenters. The van der Waals surface area contributed by atoms with Crippen LogP contribution in [0.1, 0.15) is 40.7 Å². The molecule has 2 aromatic carbocycles. The van der Waals surface area contributed by atoms with Crippen molar-refractivity contribution in [2.75, 3.05) is 26.4 Å². The van der Waals surface area contributed by atoms with Gasteiger partial charge in [0.2, 0.25) is 6.79 Å². The maximum absolute atomic E-state index is 13.0. The number of hydrogen-bond donors (Lipinski definition) is 4. The Labute approximate surface area is 212 Å². The fourth-order valence-corrected chi connectivity index (χ4v) is 4.28. The Morgan fingerprint density at radius 1 is 1.11 bits per heavy atom. The van der Waals surface area contributed by atoms with Gasteiger partial charge in [-0.1, -0.05) is 25.1 Å². The SMILES string of the molecule is CCCN1C(=O)C(=O)N(CC(C(=O)O)c2ccc3c(c2)OCO3)CC1NC(=O)c1ccc(C(=N)N)cc1. The van der Waals surface area contributed by atoms with Crippen molar-refractivity contribution >= 4 is 29.5 Å². The van der Waals surface area contributed by atoms with Crippen molar-refractivity contribution in [2.24, 2.45) is 5.73 Å². The van der Waals surface area contributed by atoms with Crippen LogP contribution in [0.4, 0.5) is 0 Å². The summed E-state index contributed by atoms with van der Waals surface area (Å²) in [6, 6.07) is 10.8. The van der Waals surface area contributed by atoms with Gasteiger partial charge in [-0.2, -0.15) is 0 Å². The second-order valence-electron chi connectivity index (χ2n) is 8.69. The number of nitrogens with one attached hydrogen (secondary N) is 2. The van der Waals surface area contributed by atoms with Crippen LogP contribution in [0.3, 0.4) is 0 Å². The molecule has 0 radical (unpaired) electrons. The molecule has 2 aliphatic rings. The Morgan fingerprint density at radius 2 is 1.78 bits per heavy atom. The van der Waals surface area contributed by atoms with Gasteiger partial charge in [0, 0.05) is 24.2 Å². The van der Waals surface area contributed by atoms with Gasteiger partial charge in [0.05, 0.1) is 12.5 Å². The zero-order valence-corrected chi connectivity index (χ0v) is 20.1. The van der Waals surface area contributed by atoms with E-state index in [4.69, 9.17) is 20.6 Å². The number of amides is 3. The highest BCUT2D eigenvalue weighted by atomic mass is 16.7. The van der Waals surface area contributed by atoms with Crippen molar-refractivity contribution in [1.82, 2.24) is 15.1 Å². The maximum Gasteiger partial charge on any atom is 0.313 e. The van der Waals surface area contributed by atoms with E-state index < -0.39 is 35.8 Å². The average Bonchev–Trinajstić information content (AvgIpc) is 3.35. The van der Waals surface area contributed by atoms with Gasteiger partial charge in [0.1, 0.15) is 12.0 Å². The van der Waals surface area contributed by atoms with Gasteiger partial charge in [0.25, 0.3) is 5.91 Å². The number of ether oxygens (including phenoxy) is 2. The largest absolute Gasteiger partial charge is 0.481 e. The second kappa shape index (κ2) is 10.6. The lowest BCUT2D eigenvalue weighted by Gasteiger charge is -2.41. The predicted molar refractivity (Wildman–Crippen MR) is 130 cm³/mol. The number of nitrogens with two attached hydrogens (primary N) is 1. The van der Waals surface area contributed by atoms with Crippen LogP contribution in [0.15, 0.2) is 42.5 Å². The number of nitrogen functional groups attached to an aromatic ring is 1. The number of amidine groups is 1. The summed E-state index contributed by atoms with van der Waals surface area (Å²) in [5.74, 6) is -3.71. The summed E-state index contributed by atoms with van der Waals surface area (Å²) in [5, 5.41) is 20.2. The molecule has 194 valence electrons. The van der Waals surface area contributed by atoms with E-state index in [2.05, 4.69) is 5.32 Å². The summed E-state index contributed by atoms with van der Waals surface area (Å²) < 4.78 is 10.6. The number of hydrogen-bond acceptors (Lipinski definition) is 7. The molecule has 0 aromatic heterocycles. The number of carboxylic acid groups (broad SMARTS) is 1. The predicted octanol–water partition coefficient (Wildman–Crippen LogP) is 0.704. The van der Waals surface area contributed by atoms with Gasteiger partial charge in [-0.25, -0.2) is 0 Å². The molecule has 4 rings (SSSR count). The third-order valence-corrected chi connectivity index (χ3v) is 6.22. The molecular formula is C25H27N5O7. The zero-order valence-electron chi connectivity index (χ0n) is 20.1. The number of benzene rings is 2. The fraction of sp³-hybridized carbons (Fsp3) is 0.320. The molecule has 2 atom stereocenters. The Balaban J connectivity index is 1.55. The van der Waals surface area contributed by atoms with Crippen LogP contribution >= 0.6 is 0 Å². The topological polar surface area (TPSA) is 175 Å². The van der Waals surface area contributed by atoms with Crippen molar-refractivity contribution in [2.45, 2.75) is 25.4 Å². The molecular weight excluding hydrogens is 482 g/mol. The molecule has 0 saturated carbocycles. The van der Waals surface area contributed by atoms with E-state index in [0.29, 0.717) is 29.0 Å². The van der Waals surface area contributed by atoms with Crippen LogP contribution in [-0.4, -0.2) is 77.0 Å². The third kappa shape index (κ3) is 5.32. The quantitative estimate of drug-likeness (QED) is 0.217. The summed E-state index contributed by atoms with van der Waals surface area (Å²) in [6.45, 7) is 1.73. The van der Waals surface area contributed by atoms with E-state index in [1.807, 2.05) is 6.92 Å². The minimum absolute atomic E-state index is 0.0295.